The normalized spacial score (nSPS) is 17.5. The average Bonchev–Trinajstić information content (AvgIpc) is 2.96. The number of hydrogen-bond acceptors (Lipinski definition) is 6. The molecule has 3 heterocycles. The van der Waals surface area contributed by atoms with Gasteiger partial charge >= 0.3 is 0 Å². The summed E-state index contributed by atoms with van der Waals surface area (Å²) in [5.74, 6) is 1.46. The zero-order valence-corrected chi connectivity index (χ0v) is 11.1. The topological polar surface area (TPSA) is 89.4 Å². The van der Waals surface area contributed by atoms with Crippen LogP contribution in [0.3, 0.4) is 0 Å². The van der Waals surface area contributed by atoms with Gasteiger partial charge in [-0.25, -0.2) is 12.7 Å². The molecule has 2 aromatic heterocycles. The Hall–Kier alpha value is -1.67. The lowest BCUT2D eigenvalue weighted by Crippen LogP contribution is -2.49. The number of hydrogen-bond donors (Lipinski definition) is 0. The third-order valence-corrected chi connectivity index (χ3v) is 4.95. The number of sulfonamides is 1. The molecule has 19 heavy (non-hydrogen) atoms. The molecule has 8 heteroatoms. The van der Waals surface area contributed by atoms with Gasteiger partial charge in [-0.05, 0) is 19.1 Å². The molecule has 0 N–H and O–H groups in total. The van der Waals surface area contributed by atoms with Crippen molar-refractivity contribution in [3.05, 3.63) is 24.3 Å². The SMILES string of the molecule is CCS(=O)(=O)N1CC(c2nc(-c3ccco3)no2)C1. The minimum Gasteiger partial charge on any atom is -0.461 e. The van der Waals surface area contributed by atoms with Crippen LogP contribution in [0.15, 0.2) is 27.3 Å². The largest absolute Gasteiger partial charge is 0.461 e. The van der Waals surface area contributed by atoms with Gasteiger partial charge in [0.2, 0.25) is 21.7 Å². The second-order valence-corrected chi connectivity index (χ2v) is 6.61. The average molecular weight is 283 g/mol. The highest BCUT2D eigenvalue weighted by Crippen LogP contribution is 2.29. The van der Waals surface area contributed by atoms with Crippen molar-refractivity contribution in [3.8, 4) is 11.6 Å². The zero-order valence-electron chi connectivity index (χ0n) is 10.3. The van der Waals surface area contributed by atoms with E-state index < -0.39 is 10.0 Å². The van der Waals surface area contributed by atoms with Crippen LogP contribution in [0, 0.1) is 0 Å². The van der Waals surface area contributed by atoms with E-state index in [9.17, 15) is 8.42 Å². The van der Waals surface area contributed by atoms with E-state index in [1.165, 1.54) is 10.6 Å². The van der Waals surface area contributed by atoms with E-state index in [0.29, 0.717) is 30.6 Å². The second-order valence-electron chi connectivity index (χ2n) is 4.35. The Balaban J connectivity index is 1.70. The van der Waals surface area contributed by atoms with Gasteiger partial charge in [-0.2, -0.15) is 4.98 Å². The third-order valence-electron chi connectivity index (χ3n) is 3.14. The Morgan fingerprint density at radius 1 is 1.47 bits per heavy atom. The van der Waals surface area contributed by atoms with Crippen LogP contribution in [0.25, 0.3) is 11.6 Å². The summed E-state index contributed by atoms with van der Waals surface area (Å²) in [7, 11) is -3.11. The summed E-state index contributed by atoms with van der Waals surface area (Å²) in [6.07, 6.45) is 1.53. The first-order valence-electron chi connectivity index (χ1n) is 5.95. The summed E-state index contributed by atoms with van der Waals surface area (Å²) in [5.41, 5.74) is 0. The van der Waals surface area contributed by atoms with Crippen LogP contribution in [0.1, 0.15) is 18.7 Å². The van der Waals surface area contributed by atoms with Gasteiger partial charge in [0.25, 0.3) is 0 Å². The summed E-state index contributed by atoms with van der Waals surface area (Å²) in [6.45, 7) is 2.43. The van der Waals surface area contributed by atoms with Crippen LogP contribution < -0.4 is 0 Å². The second kappa shape index (κ2) is 4.46. The highest BCUT2D eigenvalue weighted by Gasteiger charge is 2.38. The first-order chi connectivity index (χ1) is 9.10. The van der Waals surface area contributed by atoms with Crippen molar-refractivity contribution in [2.75, 3.05) is 18.8 Å². The number of rotatable bonds is 4. The molecular weight excluding hydrogens is 270 g/mol. The smallest absolute Gasteiger partial charge is 0.238 e. The number of nitrogens with zero attached hydrogens (tertiary/aromatic N) is 3. The molecule has 0 bridgehead atoms. The molecule has 1 fully saturated rings. The van der Waals surface area contributed by atoms with Gasteiger partial charge in [0.15, 0.2) is 5.76 Å². The van der Waals surface area contributed by atoms with E-state index in [-0.39, 0.29) is 11.7 Å². The lowest BCUT2D eigenvalue weighted by molar-refractivity contribution is 0.217. The van der Waals surface area contributed by atoms with Crippen LogP contribution in [-0.4, -0.2) is 41.7 Å². The van der Waals surface area contributed by atoms with Crippen molar-refractivity contribution >= 4 is 10.0 Å². The Kier molecular flexibility index (Phi) is 2.90. The van der Waals surface area contributed by atoms with E-state index in [1.54, 1.807) is 19.1 Å². The minimum absolute atomic E-state index is 0.0301. The van der Waals surface area contributed by atoms with Gasteiger partial charge in [-0.15, -0.1) is 0 Å². The van der Waals surface area contributed by atoms with Crippen LogP contribution in [-0.2, 0) is 10.0 Å². The summed E-state index contributed by atoms with van der Waals surface area (Å²) in [4.78, 5) is 4.22. The molecule has 0 amide bonds. The Morgan fingerprint density at radius 2 is 2.26 bits per heavy atom. The first-order valence-corrected chi connectivity index (χ1v) is 7.56. The van der Waals surface area contributed by atoms with Crippen molar-refractivity contribution < 1.29 is 17.4 Å². The molecule has 1 aliphatic heterocycles. The third kappa shape index (κ3) is 2.17. The summed E-state index contributed by atoms with van der Waals surface area (Å²) < 4.78 is 34.9. The minimum atomic E-state index is -3.11. The van der Waals surface area contributed by atoms with Gasteiger partial charge in [-0.1, -0.05) is 5.16 Å². The molecular formula is C11H13N3O4S. The predicted molar refractivity (Wildman–Crippen MR) is 65.8 cm³/mol. The fourth-order valence-electron chi connectivity index (χ4n) is 1.91. The van der Waals surface area contributed by atoms with Gasteiger partial charge in [0, 0.05) is 13.1 Å². The molecule has 0 saturated carbocycles. The van der Waals surface area contributed by atoms with Crippen LogP contribution >= 0.6 is 0 Å². The molecule has 0 radical (unpaired) electrons. The molecule has 1 aliphatic rings. The first kappa shape index (κ1) is 12.4. The van der Waals surface area contributed by atoms with Crippen LogP contribution in [0.5, 0.6) is 0 Å². The Bertz CT molecular complexity index is 656. The Labute approximate surface area is 110 Å². The van der Waals surface area contributed by atoms with Crippen LogP contribution in [0.2, 0.25) is 0 Å². The van der Waals surface area contributed by atoms with Gasteiger partial charge in [0.05, 0.1) is 17.9 Å². The predicted octanol–water partition coefficient (Wildman–Crippen LogP) is 1.08. The molecule has 1 saturated heterocycles. The molecule has 0 aliphatic carbocycles. The molecule has 0 unspecified atom stereocenters. The van der Waals surface area contributed by atoms with E-state index in [1.807, 2.05) is 0 Å². The zero-order chi connectivity index (χ0) is 13.5. The van der Waals surface area contributed by atoms with Gasteiger partial charge in [-0.3, -0.25) is 0 Å². The molecule has 2 aromatic rings. The standard InChI is InChI=1S/C11H13N3O4S/c1-2-19(15,16)14-6-8(7-14)11-12-10(13-18-11)9-4-3-5-17-9/h3-5,8H,2,6-7H2,1H3. The van der Waals surface area contributed by atoms with E-state index >= 15 is 0 Å². The molecule has 0 atom stereocenters. The summed E-state index contributed by atoms with van der Waals surface area (Å²) in [6, 6.07) is 3.48. The summed E-state index contributed by atoms with van der Waals surface area (Å²) >= 11 is 0. The lowest BCUT2D eigenvalue weighted by atomic mass is 10.0. The highest BCUT2D eigenvalue weighted by molar-refractivity contribution is 7.89. The number of furan rings is 1. The molecule has 0 aromatic carbocycles. The van der Waals surface area contributed by atoms with Crippen molar-refractivity contribution in [2.45, 2.75) is 12.8 Å². The maximum Gasteiger partial charge on any atom is 0.238 e. The highest BCUT2D eigenvalue weighted by atomic mass is 32.2. The van der Waals surface area contributed by atoms with Crippen molar-refractivity contribution in [1.82, 2.24) is 14.4 Å². The van der Waals surface area contributed by atoms with Crippen LogP contribution in [0.4, 0.5) is 0 Å². The van der Waals surface area contributed by atoms with Gasteiger partial charge < -0.3 is 8.94 Å². The maximum absolute atomic E-state index is 11.6. The van der Waals surface area contributed by atoms with E-state index in [2.05, 4.69) is 10.1 Å². The molecule has 0 spiro atoms. The quantitative estimate of drug-likeness (QED) is 0.834. The summed E-state index contributed by atoms with van der Waals surface area (Å²) in [5, 5.41) is 3.82. The fourth-order valence-corrected chi connectivity index (χ4v) is 3.09. The fraction of sp³-hybridized carbons (Fsp3) is 0.455. The van der Waals surface area contributed by atoms with E-state index in [0.717, 1.165) is 0 Å². The molecule has 102 valence electrons. The van der Waals surface area contributed by atoms with Gasteiger partial charge in [0.1, 0.15) is 0 Å². The monoisotopic (exact) mass is 283 g/mol. The van der Waals surface area contributed by atoms with E-state index in [4.69, 9.17) is 8.94 Å². The van der Waals surface area contributed by atoms with Crippen molar-refractivity contribution in [1.29, 1.82) is 0 Å². The Morgan fingerprint density at radius 3 is 2.89 bits per heavy atom. The lowest BCUT2D eigenvalue weighted by Gasteiger charge is -2.35. The molecule has 7 nitrogen and oxygen atoms in total. The maximum atomic E-state index is 11.6. The number of aromatic nitrogens is 2. The van der Waals surface area contributed by atoms with Crippen molar-refractivity contribution in [2.24, 2.45) is 0 Å². The molecule has 3 rings (SSSR count). The van der Waals surface area contributed by atoms with Crippen molar-refractivity contribution in [3.63, 3.8) is 0 Å².